The van der Waals surface area contributed by atoms with Gasteiger partial charge in [-0.25, -0.2) is 9.78 Å². The van der Waals surface area contributed by atoms with Gasteiger partial charge in [-0.15, -0.1) is 0 Å². The summed E-state index contributed by atoms with van der Waals surface area (Å²) in [4.78, 5) is 42.3. The predicted octanol–water partition coefficient (Wildman–Crippen LogP) is -0.827. The van der Waals surface area contributed by atoms with Gasteiger partial charge in [-0.3, -0.25) is 14.5 Å². The van der Waals surface area contributed by atoms with Crippen LogP contribution in [0.3, 0.4) is 0 Å². The molecule has 24 heavy (non-hydrogen) atoms. The van der Waals surface area contributed by atoms with E-state index in [2.05, 4.69) is 4.98 Å². The van der Waals surface area contributed by atoms with Gasteiger partial charge in [0.05, 0.1) is 18.3 Å². The van der Waals surface area contributed by atoms with E-state index in [1.807, 2.05) is 0 Å². The summed E-state index contributed by atoms with van der Waals surface area (Å²) in [5.41, 5.74) is 1.23. The molecular formula is C15H15N4NaO4. The summed E-state index contributed by atoms with van der Waals surface area (Å²) in [5, 5.41) is 9.06. The van der Waals surface area contributed by atoms with E-state index in [4.69, 9.17) is 5.11 Å². The average molecular weight is 338 g/mol. The molecule has 0 bridgehead atoms. The third-order valence-electron chi connectivity index (χ3n) is 4.44. The fraction of sp³-hybridized carbons (Fsp3) is 0.333. The summed E-state index contributed by atoms with van der Waals surface area (Å²) in [7, 11) is 1.73. The van der Waals surface area contributed by atoms with Gasteiger partial charge in [0.25, 0.3) is 5.91 Å². The number of aliphatic carboxylic acids is 1. The van der Waals surface area contributed by atoms with Crippen molar-refractivity contribution in [2.75, 3.05) is 7.05 Å². The second-order valence-electron chi connectivity index (χ2n) is 5.88. The minimum atomic E-state index is -1.08. The van der Waals surface area contributed by atoms with Crippen molar-refractivity contribution in [1.29, 1.82) is 0 Å². The van der Waals surface area contributed by atoms with Gasteiger partial charge in [-0.2, -0.15) is 0 Å². The molecule has 1 aromatic rings. The molecule has 1 N–H and O–H groups in total. The Balaban J connectivity index is 0.00000169. The zero-order valence-corrected chi connectivity index (χ0v) is 12.4. The van der Waals surface area contributed by atoms with Crippen LogP contribution in [0.1, 0.15) is 17.9 Å². The molecule has 1 aromatic heterocycles. The number of amides is 2. The van der Waals surface area contributed by atoms with Crippen LogP contribution in [0.4, 0.5) is 0 Å². The van der Waals surface area contributed by atoms with Gasteiger partial charge >= 0.3 is 35.5 Å². The summed E-state index contributed by atoms with van der Waals surface area (Å²) in [6.07, 6.45) is 5.52. The van der Waals surface area contributed by atoms with E-state index >= 15 is 0 Å². The summed E-state index contributed by atoms with van der Waals surface area (Å²) < 4.78 is 1.78. The van der Waals surface area contributed by atoms with Crippen LogP contribution in [0.2, 0.25) is 0 Å². The van der Waals surface area contributed by atoms with Gasteiger partial charge in [0.15, 0.2) is 0 Å². The zero-order valence-electron chi connectivity index (χ0n) is 12.4. The van der Waals surface area contributed by atoms with Gasteiger partial charge in [0.2, 0.25) is 5.91 Å². The number of likely N-dealkylation sites (N-methyl/N-ethyl adjacent to an activating group) is 1. The molecule has 1 saturated heterocycles. The van der Waals surface area contributed by atoms with Gasteiger partial charge in [-0.1, -0.05) is 6.08 Å². The first-order chi connectivity index (χ1) is 11.0. The van der Waals surface area contributed by atoms with E-state index < -0.39 is 5.97 Å². The van der Waals surface area contributed by atoms with Crippen molar-refractivity contribution >= 4 is 53.4 Å². The van der Waals surface area contributed by atoms with E-state index in [1.165, 1.54) is 4.90 Å². The van der Waals surface area contributed by atoms with E-state index in [9.17, 15) is 14.4 Å². The normalized spacial score (nSPS) is 23.5. The zero-order chi connectivity index (χ0) is 16.3. The Kier molecular flexibility index (Phi) is 4.15. The number of carbonyl (C=O) groups excluding carboxylic acids is 2. The molecule has 3 aliphatic heterocycles. The van der Waals surface area contributed by atoms with Crippen LogP contribution in [0.25, 0.3) is 6.08 Å². The van der Waals surface area contributed by atoms with Crippen LogP contribution in [0.5, 0.6) is 0 Å². The minimum absolute atomic E-state index is 0. The fourth-order valence-corrected chi connectivity index (χ4v) is 3.21. The molecular weight excluding hydrogens is 323 g/mol. The number of fused-ring (bicyclic) bond motifs is 2. The van der Waals surface area contributed by atoms with Crippen molar-refractivity contribution < 1.29 is 19.5 Å². The van der Waals surface area contributed by atoms with Crippen molar-refractivity contribution in [1.82, 2.24) is 19.4 Å². The maximum atomic E-state index is 12.2. The summed E-state index contributed by atoms with van der Waals surface area (Å²) in [6.45, 7) is 0.687. The molecule has 9 heteroatoms. The second kappa shape index (κ2) is 5.87. The van der Waals surface area contributed by atoms with Crippen LogP contribution in [-0.2, 0) is 27.5 Å². The van der Waals surface area contributed by atoms with Crippen molar-refractivity contribution in [3.8, 4) is 0 Å². The maximum absolute atomic E-state index is 12.2. The van der Waals surface area contributed by atoms with Crippen molar-refractivity contribution in [2.24, 2.45) is 0 Å². The third-order valence-corrected chi connectivity index (χ3v) is 4.44. The van der Waals surface area contributed by atoms with Gasteiger partial charge in [-0.05, 0) is 12.5 Å². The number of β-lactam (4-membered cyclic amide) rings is 1. The number of carboxylic acids is 1. The molecule has 0 spiro atoms. The molecule has 0 aromatic carbocycles. The van der Waals surface area contributed by atoms with Crippen molar-refractivity contribution in [2.45, 2.75) is 25.6 Å². The van der Waals surface area contributed by atoms with Gasteiger partial charge < -0.3 is 14.6 Å². The third kappa shape index (κ3) is 2.42. The molecule has 2 amide bonds. The predicted molar refractivity (Wildman–Crippen MR) is 84.8 cm³/mol. The van der Waals surface area contributed by atoms with Crippen LogP contribution in [0, 0.1) is 0 Å². The summed E-state index contributed by atoms with van der Waals surface area (Å²) in [5.74, 6) is -0.580. The number of imidazole rings is 1. The number of aromatic nitrogens is 2. The standard InChI is InChI=1S/C15H14N4O4.Na.H/c1-17-6-12-16-8(5-18(12)7-13(17)20)4-9-10-2-3-11(15(22)23)19(10)14(9)21;;/h3-5,10H,2,6-7H2,1H3,(H,22,23);;/b9-4+;;. The number of hydrogen-bond donors (Lipinski definition) is 1. The number of carboxylic acid groups (broad SMARTS) is 1. The molecule has 1 fully saturated rings. The fourth-order valence-electron chi connectivity index (χ4n) is 3.21. The first kappa shape index (κ1) is 16.9. The van der Waals surface area contributed by atoms with Crippen LogP contribution in [0.15, 0.2) is 23.5 Å². The number of nitrogens with zero attached hydrogens (tertiary/aromatic N) is 4. The van der Waals surface area contributed by atoms with Crippen molar-refractivity contribution in [3.63, 3.8) is 0 Å². The van der Waals surface area contributed by atoms with Gasteiger partial charge in [0.1, 0.15) is 18.1 Å². The molecule has 0 saturated carbocycles. The van der Waals surface area contributed by atoms with E-state index in [1.54, 1.807) is 34.9 Å². The molecule has 1 unspecified atom stereocenters. The average Bonchev–Trinajstić information content (AvgIpc) is 3.06. The molecule has 3 aliphatic rings. The van der Waals surface area contributed by atoms with E-state index in [-0.39, 0.29) is 59.7 Å². The van der Waals surface area contributed by atoms with Crippen LogP contribution >= 0.6 is 0 Å². The Labute approximate surface area is 159 Å². The van der Waals surface area contributed by atoms with E-state index in [0.717, 1.165) is 5.82 Å². The Morgan fingerprint density at radius 1 is 1.38 bits per heavy atom. The monoisotopic (exact) mass is 338 g/mol. The molecule has 4 heterocycles. The Bertz CT molecular complexity index is 825. The molecule has 1 atom stereocenters. The second-order valence-corrected chi connectivity index (χ2v) is 5.88. The quantitative estimate of drug-likeness (QED) is 0.432. The Hall–Kier alpha value is -1.90. The van der Waals surface area contributed by atoms with Crippen molar-refractivity contribution in [3.05, 3.63) is 35.1 Å². The van der Waals surface area contributed by atoms with Crippen LogP contribution in [-0.4, -0.2) is 84.9 Å². The number of hydrogen-bond acceptors (Lipinski definition) is 4. The SMILES string of the molecule is CN1Cc2nc(/C=C3/C(=O)N4C(C(=O)O)=CCC34)cn2CC1=O.[NaH]. The topological polar surface area (TPSA) is 95.7 Å². The van der Waals surface area contributed by atoms with E-state index in [0.29, 0.717) is 24.2 Å². The molecule has 0 aliphatic carbocycles. The summed E-state index contributed by atoms with van der Waals surface area (Å²) in [6, 6.07) is -0.211. The Morgan fingerprint density at radius 2 is 2.12 bits per heavy atom. The first-order valence-corrected chi connectivity index (χ1v) is 7.24. The van der Waals surface area contributed by atoms with Gasteiger partial charge in [0, 0.05) is 18.8 Å². The van der Waals surface area contributed by atoms with Crippen LogP contribution < -0.4 is 0 Å². The molecule has 120 valence electrons. The molecule has 8 nitrogen and oxygen atoms in total. The summed E-state index contributed by atoms with van der Waals surface area (Å²) >= 11 is 0. The molecule has 0 radical (unpaired) electrons. The Morgan fingerprint density at radius 3 is 2.83 bits per heavy atom. The molecule has 4 rings (SSSR count). The number of carbonyl (C=O) groups is 3. The first-order valence-electron chi connectivity index (χ1n) is 7.24. The number of rotatable bonds is 2.